The highest BCUT2D eigenvalue weighted by Crippen LogP contribution is 2.20. The molecule has 0 saturated heterocycles. The minimum Gasteiger partial charge on any atom is -0.370 e. The zero-order valence-corrected chi connectivity index (χ0v) is 12.7. The van der Waals surface area contributed by atoms with Crippen molar-refractivity contribution in [3.8, 4) is 0 Å². The van der Waals surface area contributed by atoms with Crippen LogP contribution in [-0.2, 0) is 0 Å². The summed E-state index contributed by atoms with van der Waals surface area (Å²) in [6.07, 6.45) is 6.16. The Morgan fingerprint density at radius 3 is 2.50 bits per heavy atom. The summed E-state index contributed by atoms with van der Waals surface area (Å²) in [5.74, 6) is 1.14. The van der Waals surface area contributed by atoms with Gasteiger partial charge in [-0.1, -0.05) is 13.8 Å². The summed E-state index contributed by atoms with van der Waals surface area (Å²) in [5.41, 5.74) is 8.12. The van der Waals surface area contributed by atoms with E-state index < -0.39 is 0 Å². The van der Waals surface area contributed by atoms with Gasteiger partial charge >= 0.3 is 0 Å². The number of thioether (sulfide) groups is 1. The van der Waals surface area contributed by atoms with Gasteiger partial charge in [0.2, 0.25) is 0 Å². The van der Waals surface area contributed by atoms with Crippen LogP contribution >= 0.6 is 11.8 Å². The van der Waals surface area contributed by atoms with E-state index in [0.29, 0.717) is 6.04 Å². The van der Waals surface area contributed by atoms with Crippen molar-refractivity contribution in [2.24, 2.45) is 5.73 Å². The Bertz CT molecular complexity index is 339. The van der Waals surface area contributed by atoms with E-state index in [-0.39, 0.29) is 6.04 Å². The third-order valence-corrected chi connectivity index (χ3v) is 4.09. The Morgan fingerprint density at radius 1 is 1.33 bits per heavy atom. The molecule has 0 amide bonds. The monoisotopic (exact) mass is 267 g/mol. The molecule has 0 fully saturated rings. The van der Waals surface area contributed by atoms with Gasteiger partial charge < -0.3 is 10.6 Å². The Morgan fingerprint density at radius 2 is 2.06 bits per heavy atom. The lowest BCUT2D eigenvalue weighted by Gasteiger charge is -2.28. The fraction of sp³-hybridized carbons (Fsp3) is 0.643. The van der Waals surface area contributed by atoms with Crippen LogP contribution in [0.5, 0.6) is 0 Å². The maximum Gasteiger partial charge on any atom is 0.0572 e. The highest BCUT2D eigenvalue weighted by molar-refractivity contribution is 7.98. The molecule has 1 rings (SSSR count). The fourth-order valence-electron chi connectivity index (χ4n) is 1.94. The minimum absolute atomic E-state index is 0.0533. The molecule has 0 aromatic carbocycles. The summed E-state index contributed by atoms with van der Waals surface area (Å²) in [7, 11) is 2.14. The molecule has 0 bridgehead atoms. The second-order valence-electron chi connectivity index (χ2n) is 4.58. The van der Waals surface area contributed by atoms with Crippen LogP contribution in [0.2, 0.25) is 0 Å². The molecule has 2 N–H and O–H groups in total. The van der Waals surface area contributed by atoms with Gasteiger partial charge in [-0.3, -0.25) is 4.98 Å². The molecule has 4 heteroatoms. The maximum absolute atomic E-state index is 5.97. The van der Waals surface area contributed by atoms with E-state index in [1.165, 1.54) is 5.69 Å². The van der Waals surface area contributed by atoms with E-state index in [0.717, 1.165) is 24.3 Å². The average Bonchev–Trinajstić information content (AvgIpc) is 2.43. The summed E-state index contributed by atoms with van der Waals surface area (Å²) in [6, 6.07) is 4.79. The SMILES string of the molecule is CCC(N)c1ccc(N(C)C(CC)CSC)cn1. The van der Waals surface area contributed by atoms with E-state index in [4.69, 9.17) is 5.73 Å². The highest BCUT2D eigenvalue weighted by Gasteiger charge is 2.13. The van der Waals surface area contributed by atoms with Crippen molar-refractivity contribution < 1.29 is 0 Å². The number of anilines is 1. The number of rotatable bonds is 7. The van der Waals surface area contributed by atoms with Crippen molar-refractivity contribution in [1.29, 1.82) is 0 Å². The van der Waals surface area contributed by atoms with E-state index in [9.17, 15) is 0 Å². The predicted octanol–water partition coefficient (Wildman–Crippen LogP) is 3.07. The summed E-state index contributed by atoms with van der Waals surface area (Å²) in [4.78, 5) is 6.78. The van der Waals surface area contributed by atoms with Gasteiger partial charge in [0.05, 0.1) is 17.6 Å². The van der Waals surface area contributed by atoms with Crippen molar-refractivity contribution in [2.75, 3.05) is 24.0 Å². The van der Waals surface area contributed by atoms with Crippen LogP contribution < -0.4 is 10.6 Å². The number of aromatic nitrogens is 1. The Labute approximate surface area is 115 Å². The van der Waals surface area contributed by atoms with Gasteiger partial charge in [0, 0.05) is 24.9 Å². The van der Waals surface area contributed by atoms with Gasteiger partial charge in [0.1, 0.15) is 0 Å². The van der Waals surface area contributed by atoms with Crippen molar-refractivity contribution in [1.82, 2.24) is 4.98 Å². The van der Waals surface area contributed by atoms with E-state index in [2.05, 4.69) is 43.1 Å². The summed E-state index contributed by atoms with van der Waals surface area (Å²) < 4.78 is 0. The van der Waals surface area contributed by atoms with Crippen LogP contribution in [0.15, 0.2) is 18.3 Å². The first-order chi connectivity index (χ1) is 8.63. The van der Waals surface area contributed by atoms with Gasteiger partial charge in [0.15, 0.2) is 0 Å². The van der Waals surface area contributed by atoms with E-state index in [1.54, 1.807) is 0 Å². The first-order valence-electron chi connectivity index (χ1n) is 6.57. The molecule has 0 aliphatic carbocycles. The minimum atomic E-state index is 0.0533. The second kappa shape index (κ2) is 7.64. The Balaban J connectivity index is 2.77. The summed E-state index contributed by atoms with van der Waals surface area (Å²) in [5, 5.41) is 0. The number of nitrogens with two attached hydrogens (primary N) is 1. The second-order valence-corrected chi connectivity index (χ2v) is 5.50. The highest BCUT2D eigenvalue weighted by atomic mass is 32.2. The van der Waals surface area contributed by atoms with Gasteiger partial charge in [0.25, 0.3) is 0 Å². The van der Waals surface area contributed by atoms with Crippen molar-refractivity contribution in [3.63, 3.8) is 0 Å². The number of nitrogens with zero attached hydrogens (tertiary/aromatic N) is 2. The number of hydrogen-bond donors (Lipinski definition) is 1. The largest absolute Gasteiger partial charge is 0.370 e. The molecule has 0 saturated carbocycles. The van der Waals surface area contributed by atoms with Crippen LogP contribution in [0.25, 0.3) is 0 Å². The fourth-order valence-corrected chi connectivity index (χ4v) is 2.79. The quantitative estimate of drug-likeness (QED) is 0.824. The smallest absolute Gasteiger partial charge is 0.0572 e. The molecule has 1 heterocycles. The lowest BCUT2D eigenvalue weighted by atomic mass is 10.1. The molecule has 1 aromatic heterocycles. The standard InChI is InChI=1S/C14H25N3S/c1-5-11(10-18-4)17(3)12-7-8-14(16-9-12)13(15)6-2/h7-9,11,13H,5-6,10,15H2,1-4H3. The Kier molecular flexibility index (Phi) is 6.50. The van der Waals surface area contributed by atoms with E-state index >= 15 is 0 Å². The molecule has 0 radical (unpaired) electrons. The van der Waals surface area contributed by atoms with Gasteiger partial charge in [-0.15, -0.1) is 0 Å². The molecular formula is C14H25N3S. The topological polar surface area (TPSA) is 42.1 Å². The first kappa shape index (κ1) is 15.3. The summed E-state index contributed by atoms with van der Waals surface area (Å²) >= 11 is 1.89. The molecular weight excluding hydrogens is 242 g/mol. The third kappa shape index (κ3) is 3.89. The average molecular weight is 267 g/mol. The number of hydrogen-bond acceptors (Lipinski definition) is 4. The van der Waals surface area contributed by atoms with Crippen molar-refractivity contribution >= 4 is 17.4 Å². The van der Waals surface area contributed by atoms with Crippen LogP contribution in [0.4, 0.5) is 5.69 Å². The molecule has 2 unspecified atom stereocenters. The van der Waals surface area contributed by atoms with Gasteiger partial charge in [-0.2, -0.15) is 11.8 Å². The van der Waals surface area contributed by atoms with E-state index in [1.807, 2.05) is 24.0 Å². The third-order valence-electron chi connectivity index (χ3n) is 3.38. The molecule has 0 aliphatic heterocycles. The maximum atomic E-state index is 5.97. The molecule has 2 atom stereocenters. The Hall–Kier alpha value is -0.740. The zero-order chi connectivity index (χ0) is 13.5. The predicted molar refractivity (Wildman–Crippen MR) is 82.3 cm³/mol. The zero-order valence-electron chi connectivity index (χ0n) is 11.9. The lowest BCUT2D eigenvalue weighted by Crippen LogP contribution is -2.33. The molecule has 0 aliphatic rings. The first-order valence-corrected chi connectivity index (χ1v) is 7.96. The molecule has 102 valence electrons. The van der Waals surface area contributed by atoms with Crippen LogP contribution in [-0.4, -0.2) is 30.1 Å². The van der Waals surface area contributed by atoms with Gasteiger partial charge in [-0.25, -0.2) is 0 Å². The molecule has 0 spiro atoms. The van der Waals surface area contributed by atoms with Crippen LogP contribution in [0, 0.1) is 0 Å². The molecule has 1 aromatic rings. The summed E-state index contributed by atoms with van der Waals surface area (Å²) in [6.45, 7) is 4.31. The molecule has 18 heavy (non-hydrogen) atoms. The van der Waals surface area contributed by atoms with Crippen LogP contribution in [0.1, 0.15) is 38.4 Å². The lowest BCUT2D eigenvalue weighted by molar-refractivity contribution is 0.662. The molecule has 3 nitrogen and oxygen atoms in total. The number of pyridine rings is 1. The van der Waals surface area contributed by atoms with Crippen molar-refractivity contribution in [3.05, 3.63) is 24.0 Å². The van der Waals surface area contributed by atoms with Crippen molar-refractivity contribution in [2.45, 2.75) is 38.8 Å². The van der Waals surface area contributed by atoms with Crippen LogP contribution in [0.3, 0.4) is 0 Å². The normalized spacial score (nSPS) is 14.3. The van der Waals surface area contributed by atoms with Gasteiger partial charge in [-0.05, 0) is 31.2 Å².